The van der Waals surface area contributed by atoms with Gasteiger partial charge in [0.1, 0.15) is 6.07 Å². The Hall–Kier alpha value is -2.51. The van der Waals surface area contributed by atoms with Crippen molar-refractivity contribution in [2.75, 3.05) is 11.1 Å². The number of anilines is 3. The lowest BCUT2D eigenvalue weighted by Gasteiger charge is -2.09. The number of thiophene rings is 1. The first-order valence-corrected chi connectivity index (χ1v) is 6.68. The summed E-state index contributed by atoms with van der Waals surface area (Å²) in [7, 11) is 0. The van der Waals surface area contributed by atoms with E-state index in [0.29, 0.717) is 11.3 Å². The Morgan fingerprint density at radius 1 is 1.11 bits per heavy atom. The van der Waals surface area contributed by atoms with Gasteiger partial charge in [-0.05, 0) is 53.2 Å². The van der Waals surface area contributed by atoms with E-state index in [1.165, 1.54) is 10.1 Å². The van der Waals surface area contributed by atoms with Crippen LogP contribution >= 0.6 is 11.3 Å². The summed E-state index contributed by atoms with van der Waals surface area (Å²) in [5.41, 5.74) is 8.55. The maximum Gasteiger partial charge on any atom is 0.101 e. The summed E-state index contributed by atoms with van der Waals surface area (Å²) in [6.45, 7) is 0. The summed E-state index contributed by atoms with van der Waals surface area (Å²) in [6, 6.07) is 15.7. The van der Waals surface area contributed by atoms with Gasteiger partial charge in [0.15, 0.2) is 0 Å². The second-order valence-electron chi connectivity index (χ2n) is 4.22. The topological polar surface area (TPSA) is 61.8 Å². The molecule has 0 radical (unpaired) electrons. The third kappa shape index (κ3) is 2.24. The molecule has 0 saturated heterocycles. The summed E-state index contributed by atoms with van der Waals surface area (Å²) in [6.07, 6.45) is 0. The number of rotatable bonds is 2. The number of benzene rings is 2. The van der Waals surface area contributed by atoms with Crippen LogP contribution in [0.5, 0.6) is 0 Å². The maximum atomic E-state index is 9.12. The van der Waals surface area contributed by atoms with Gasteiger partial charge in [-0.15, -0.1) is 11.3 Å². The molecule has 4 heteroatoms. The highest BCUT2D eigenvalue weighted by Crippen LogP contribution is 2.27. The van der Waals surface area contributed by atoms with E-state index in [2.05, 4.69) is 35.0 Å². The highest BCUT2D eigenvalue weighted by atomic mass is 32.1. The zero-order valence-corrected chi connectivity index (χ0v) is 10.9. The van der Waals surface area contributed by atoms with Gasteiger partial charge in [0.2, 0.25) is 0 Å². The van der Waals surface area contributed by atoms with E-state index >= 15 is 0 Å². The van der Waals surface area contributed by atoms with Crippen molar-refractivity contribution in [3.63, 3.8) is 0 Å². The monoisotopic (exact) mass is 265 g/mol. The molecule has 2 aromatic carbocycles. The molecular formula is C15H11N3S. The SMILES string of the molecule is N#Cc1cc(N)ccc1Nc1ccc2sccc2c1. The minimum Gasteiger partial charge on any atom is -0.399 e. The van der Waals surface area contributed by atoms with Gasteiger partial charge in [-0.1, -0.05) is 0 Å². The largest absolute Gasteiger partial charge is 0.399 e. The molecule has 0 fully saturated rings. The van der Waals surface area contributed by atoms with Crippen molar-refractivity contribution in [1.29, 1.82) is 5.26 Å². The summed E-state index contributed by atoms with van der Waals surface area (Å²) in [5, 5.41) is 15.6. The lowest BCUT2D eigenvalue weighted by atomic mass is 10.1. The van der Waals surface area contributed by atoms with Gasteiger partial charge in [0, 0.05) is 16.1 Å². The normalized spacial score (nSPS) is 10.3. The molecule has 0 bridgehead atoms. The van der Waals surface area contributed by atoms with Gasteiger partial charge >= 0.3 is 0 Å². The molecule has 1 heterocycles. The maximum absolute atomic E-state index is 9.12. The quantitative estimate of drug-likeness (QED) is 0.686. The van der Waals surface area contributed by atoms with Crippen LogP contribution in [0.4, 0.5) is 17.1 Å². The van der Waals surface area contributed by atoms with Gasteiger partial charge in [0.05, 0.1) is 11.3 Å². The molecule has 0 amide bonds. The molecule has 0 saturated carbocycles. The number of nitrogens with zero attached hydrogens (tertiary/aromatic N) is 1. The van der Waals surface area contributed by atoms with E-state index in [-0.39, 0.29) is 0 Å². The van der Waals surface area contributed by atoms with Crippen LogP contribution in [-0.2, 0) is 0 Å². The Morgan fingerprint density at radius 3 is 2.84 bits per heavy atom. The van der Waals surface area contributed by atoms with Crippen molar-refractivity contribution in [2.45, 2.75) is 0 Å². The van der Waals surface area contributed by atoms with Crippen molar-refractivity contribution in [1.82, 2.24) is 0 Å². The van der Waals surface area contributed by atoms with Crippen LogP contribution in [0.15, 0.2) is 47.8 Å². The summed E-state index contributed by atoms with van der Waals surface area (Å²) >= 11 is 1.72. The Bertz CT molecular complexity index is 783. The molecule has 0 aliphatic heterocycles. The predicted molar refractivity (Wildman–Crippen MR) is 80.7 cm³/mol. The number of hydrogen-bond donors (Lipinski definition) is 2. The van der Waals surface area contributed by atoms with Crippen LogP contribution in [0, 0.1) is 11.3 Å². The lowest BCUT2D eigenvalue weighted by Crippen LogP contribution is -1.95. The number of nitrogens with two attached hydrogens (primary N) is 1. The minimum atomic E-state index is 0.547. The van der Waals surface area contributed by atoms with Gasteiger partial charge in [-0.2, -0.15) is 5.26 Å². The van der Waals surface area contributed by atoms with Crippen molar-refractivity contribution in [3.05, 3.63) is 53.4 Å². The third-order valence-corrected chi connectivity index (χ3v) is 3.79. The Kier molecular flexibility index (Phi) is 2.82. The van der Waals surface area contributed by atoms with E-state index in [0.717, 1.165) is 11.4 Å². The van der Waals surface area contributed by atoms with Gasteiger partial charge in [0.25, 0.3) is 0 Å². The Morgan fingerprint density at radius 2 is 2.00 bits per heavy atom. The molecular weight excluding hydrogens is 254 g/mol. The first-order chi connectivity index (χ1) is 9.26. The highest BCUT2D eigenvalue weighted by molar-refractivity contribution is 7.17. The van der Waals surface area contributed by atoms with Crippen LogP contribution < -0.4 is 11.1 Å². The fourth-order valence-corrected chi connectivity index (χ4v) is 2.73. The second-order valence-corrected chi connectivity index (χ2v) is 5.16. The average molecular weight is 265 g/mol. The highest BCUT2D eigenvalue weighted by Gasteiger charge is 2.04. The molecule has 92 valence electrons. The third-order valence-electron chi connectivity index (χ3n) is 2.90. The standard InChI is InChI=1S/C15H11N3S/c16-9-11-7-12(17)1-3-14(11)18-13-2-4-15-10(8-13)5-6-19-15/h1-8,18H,17H2. The molecule has 19 heavy (non-hydrogen) atoms. The Balaban J connectivity index is 1.98. The lowest BCUT2D eigenvalue weighted by molar-refractivity contribution is 1.46. The van der Waals surface area contributed by atoms with E-state index < -0.39 is 0 Å². The molecule has 0 atom stereocenters. The number of nitrogens with one attached hydrogen (secondary N) is 1. The number of hydrogen-bond acceptors (Lipinski definition) is 4. The van der Waals surface area contributed by atoms with Crippen LogP contribution in [0.2, 0.25) is 0 Å². The van der Waals surface area contributed by atoms with Gasteiger partial charge < -0.3 is 11.1 Å². The van der Waals surface area contributed by atoms with Gasteiger partial charge in [-0.25, -0.2) is 0 Å². The fraction of sp³-hybridized carbons (Fsp3) is 0. The van der Waals surface area contributed by atoms with Crippen LogP contribution in [-0.4, -0.2) is 0 Å². The second kappa shape index (κ2) is 4.63. The molecule has 0 spiro atoms. The Labute approximate surface area is 114 Å². The molecule has 3 rings (SSSR count). The van der Waals surface area contributed by atoms with Crippen LogP contribution in [0.3, 0.4) is 0 Å². The first kappa shape index (κ1) is 11.6. The fourth-order valence-electron chi connectivity index (χ4n) is 1.96. The smallest absolute Gasteiger partial charge is 0.101 e. The summed E-state index contributed by atoms with van der Waals surface area (Å²) < 4.78 is 1.25. The summed E-state index contributed by atoms with van der Waals surface area (Å²) in [5.74, 6) is 0. The molecule has 3 N–H and O–H groups in total. The number of nitriles is 1. The predicted octanol–water partition coefficient (Wildman–Crippen LogP) is 4.10. The van der Waals surface area contributed by atoms with E-state index in [9.17, 15) is 0 Å². The number of nitrogen functional groups attached to an aromatic ring is 1. The van der Waals surface area contributed by atoms with E-state index in [1.54, 1.807) is 23.5 Å². The zero-order valence-electron chi connectivity index (χ0n) is 10.1. The van der Waals surface area contributed by atoms with E-state index in [1.807, 2.05) is 12.1 Å². The molecule has 1 aromatic heterocycles. The molecule has 0 aliphatic rings. The number of fused-ring (bicyclic) bond motifs is 1. The van der Waals surface area contributed by atoms with Gasteiger partial charge in [-0.3, -0.25) is 0 Å². The average Bonchev–Trinajstić information content (AvgIpc) is 2.88. The zero-order chi connectivity index (χ0) is 13.2. The van der Waals surface area contributed by atoms with E-state index in [4.69, 9.17) is 11.0 Å². The minimum absolute atomic E-state index is 0.547. The summed E-state index contributed by atoms with van der Waals surface area (Å²) in [4.78, 5) is 0. The first-order valence-electron chi connectivity index (χ1n) is 5.80. The van der Waals surface area contributed by atoms with Crippen LogP contribution in [0.25, 0.3) is 10.1 Å². The molecule has 3 nitrogen and oxygen atoms in total. The molecule has 3 aromatic rings. The van der Waals surface area contributed by atoms with Crippen molar-refractivity contribution >= 4 is 38.5 Å². The molecule has 0 aliphatic carbocycles. The van der Waals surface area contributed by atoms with Crippen molar-refractivity contribution < 1.29 is 0 Å². The molecule has 0 unspecified atom stereocenters. The van der Waals surface area contributed by atoms with Crippen LogP contribution in [0.1, 0.15) is 5.56 Å². The van der Waals surface area contributed by atoms with Crippen molar-refractivity contribution in [3.8, 4) is 6.07 Å². The van der Waals surface area contributed by atoms with Crippen molar-refractivity contribution in [2.24, 2.45) is 0 Å².